The number of aryl methyl sites for hydroxylation is 1. The Kier molecular flexibility index (Phi) is 11.7. The van der Waals surface area contributed by atoms with Crippen LogP contribution < -0.4 is 4.74 Å². The van der Waals surface area contributed by atoms with E-state index in [0.717, 1.165) is 37.0 Å². The van der Waals surface area contributed by atoms with Crippen molar-refractivity contribution in [1.29, 1.82) is 0 Å². The van der Waals surface area contributed by atoms with Gasteiger partial charge in [0.1, 0.15) is 34.6 Å². The van der Waals surface area contributed by atoms with Gasteiger partial charge in [0.15, 0.2) is 6.29 Å². The molecule has 47 heavy (non-hydrogen) atoms. The average Bonchev–Trinajstić information content (AvgIpc) is 3.04. The first-order chi connectivity index (χ1) is 22.6. The number of allylic oxidation sites excluding steroid dienone is 1. The Hall–Kier alpha value is -3.30. The number of rotatable bonds is 13. The number of alkyl halides is 2. The van der Waals surface area contributed by atoms with E-state index in [1.54, 1.807) is 6.08 Å². The molecule has 0 aromatic heterocycles. The summed E-state index contributed by atoms with van der Waals surface area (Å²) in [5.74, 6) is -3.89. The van der Waals surface area contributed by atoms with E-state index in [-0.39, 0.29) is 22.6 Å². The minimum Gasteiger partial charge on any atom is -0.429 e. The lowest BCUT2D eigenvalue weighted by Gasteiger charge is -2.38. The van der Waals surface area contributed by atoms with Crippen LogP contribution in [0.4, 0.5) is 26.3 Å². The number of hydrogen-bond donors (Lipinski definition) is 0. The van der Waals surface area contributed by atoms with Crippen molar-refractivity contribution in [3.05, 3.63) is 101 Å². The van der Waals surface area contributed by atoms with E-state index in [9.17, 15) is 13.2 Å². The van der Waals surface area contributed by atoms with Gasteiger partial charge in [-0.2, -0.15) is 8.78 Å². The molecule has 3 nitrogen and oxygen atoms in total. The summed E-state index contributed by atoms with van der Waals surface area (Å²) in [4.78, 5) is 0. The SMILES string of the molecule is C=CCCc1ccc(OC(F)(F)c2c(F)cc(-c3ccc(C4OCC(C5CCC(CCCCC)CC5)CO4)cc3F)cc2F)cc1F. The predicted octanol–water partition coefficient (Wildman–Crippen LogP) is 11.2. The largest absolute Gasteiger partial charge is 0.432 e. The second-order valence-electron chi connectivity index (χ2n) is 12.8. The van der Waals surface area contributed by atoms with Crippen LogP contribution in [0.5, 0.6) is 5.75 Å². The van der Waals surface area contributed by atoms with Crippen molar-refractivity contribution >= 4 is 0 Å². The Morgan fingerprint density at radius 2 is 1.53 bits per heavy atom. The van der Waals surface area contributed by atoms with Gasteiger partial charge in [0.2, 0.25) is 0 Å². The minimum absolute atomic E-state index is 0.191. The molecular formula is C38H42F6O3. The van der Waals surface area contributed by atoms with Crippen LogP contribution in [-0.4, -0.2) is 13.2 Å². The van der Waals surface area contributed by atoms with Crippen LogP contribution in [0, 0.1) is 41.0 Å². The van der Waals surface area contributed by atoms with E-state index in [1.807, 2.05) is 0 Å². The summed E-state index contributed by atoms with van der Waals surface area (Å²) in [5, 5.41) is 0. The highest BCUT2D eigenvalue weighted by molar-refractivity contribution is 5.65. The summed E-state index contributed by atoms with van der Waals surface area (Å²) >= 11 is 0. The number of benzene rings is 3. The molecule has 0 N–H and O–H groups in total. The zero-order valence-electron chi connectivity index (χ0n) is 26.7. The second-order valence-corrected chi connectivity index (χ2v) is 12.8. The third-order valence-corrected chi connectivity index (χ3v) is 9.50. The molecule has 0 amide bonds. The Morgan fingerprint density at radius 3 is 2.15 bits per heavy atom. The van der Waals surface area contributed by atoms with E-state index < -0.39 is 47.0 Å². The molecule has 5 rings (SSSR count). The highest BCUT2D eigenvalue weighted by Gasteiger charge is 2.41. The van der Waals surface area contributed by atoms with Crippen LogP contribution in [0.2, 0.25) is 0 Å². The first kappa shape index (κ1) is 35.0. The lowest BCUT2D eigenvalue weighted by atomic mass is 9.74. The summed E-state index contributed by atoms with van der Waals surface area (Å²) in [6, 6.07) is 8.31. The number of halogens is 6. The molecule has 2 aliphatic rings. The Balaban J connectivity index is 1.21. The van der Waals surface area contributed by atoms with Crippen LogP contribution in [0.15, 0.2) is 61.2 Å². The van der Waals surface area contributed by atoms with Gasteiger partial charge in [0, 0.05) is 23.1 Å². The summed E-state index contributed by atoms with van der Waals surface area (Å²) in [5.41, 5.74) is -1.48. The van der Waals surface area contributed by atoms with Gasteiger partial charge in [0.25, 0.3) is 0 Å². The predicted molar refractivity (Wildman–Crippen MR) is 169 cm³/mol. The summed E-state index contributed by atoms with van der Waals surface area (Å²) in [7, 11) is 0. The molecule has 1 aliphatic heterocycles. The van der Waals surface area contributed by atoms with Gasteiger partial charge in [0.05, 0.1) is 13.2 Å². The lowest BCUT2D eigenvalue weighted by molar-refractivity contribution is -0.214. The van der Waals surface area contributed by atoms with E-state index in [1.165, 1.54) is 56.7 Å². The molecule has 0 radical (unpaired) electrons. The molecule has 3 aromatic carbocycles. The van der Waals surface area contributed by atoms with Crippen molar-refractivity contribution in [1.82, 2.24) is 0 Å². The normalized spacial score (nSPS) is 21.9. The Bertz CT molecular complexity index is 1490. The van der Waals surface area contributed by atoms with Crippen LogP contribution in [0.3, 0.4) is 0 Å². The molecule has 0 unspecified atom stereocenters. The molecule has 0 bridgehead atoms. The summed E-state index contributed by atoms with van der Waals surface area (Å²) < 4.78 is 106. The molecule has 0 spiro atoms. The molecule has 254 valence electrons. The maximum absolute atomic E-state index is 15.3. The van der Waals surface area contributed by atoms with Gasteiger partial charge in [-0.05, 0) is 72.9 Å². The van der Waals surface area contributed by atoms with Crippen molar-refractivity contribution in [3.8, 4) is 16.9 Å². The molecule has 2 fully saturated rings. The maximum Gasteiger partial charge on any atom is 0.432 e. The Morgan fingerprint density at radius 1 is 0.830 bits per heavy atom. The van der Waals surface area contributed by atoms with Crippen molar-refractivity contribution in [3.63, 3.8) is 0 Å². The molecule has 1 aliphatic carbocycles. The monoisotopic (exact) mass is 660 g/mol. The summed E-state index contributed by atoms with van der Waals surface area (Å²) in [6.45, 7) is 6.77. The zero-order chi connectivity index (χ0) is 33.6. The average molecular weight is 661 g/mol. The number of unbranched alkanes of at least 4 members (excludes halogenated alkanes) is 2. The van der Waals surface area contributed by atoms with E-state index in [0.29, 0.717) is 49.7 Å². The number of hydrogen-bond acceptors (Lipinski definition) is 3. The van der Waals surface area contributed by atoms with Crippen LogP contribution in [-0.2, 0) is 22.0 Å². The molecule has 9 heteroatoms. The highest BCUT2D eigenvalue weighted by atomic mass is 19.3. The van der Waals surface area contributed by atoms with Crippen molar-refractivity contribution in [2.24, 2.45) is 17.8 Å². The summed E-state index contributed by atoms with van der Waals surface area (Å²) in [6.07, 6.45) is 7.02. The first-order valence-corrected chi connectivity index (χ1v) is 16.6. The van der Waals surface area contributed by atoms with E-state index in [2.05, 4.69) is 18.2 Å². The standard InChI is InChI=1S/C38H42F6O3/c1-3-5-7-8-24-10-12-25(13-11-24)29-22-45-37(46-23-29)27-15-17-31(33(40)18-27)28-19-34(41)36(35(42)20-28)38(43,44)47-30-16-14-26(9-6-4-2)32(39)21-30/h4,14-21,24-25,29,37H,2-3,5-13,22-23H2,1H3. The number of ether oxygens (including phenoxy) is 3. The van der Waals surface area contributed by atoms with Crippen molar-refractivity contribution < 1.29 is 40.6 Å². The molecular weight excluding hydrogens is 618 g/mol. The van der Waals surface area contributed by atoms with E-state index in [4.69, 9.17) is 9.47 Å². The highest BCUT2D eigenvalue weighted by Crippen LogP contribution is 2.41. The lowest BCUT2D eigenvalue weighted by Crippen LogP contribution is -2.34. The molecule has 1 saturated carbocycles. The van der Waals surface area contributed by atoms with Gasteiger partial charge in [-0.25, -0.2) is 17.6 Å². The fourth-order valence-electron chi connectivity index (χ4n) is 6.78. The smallest absolute Gasteiger partial charge is 0.429 e. The Labute approximate surface area is 272 Å². The molecule has 3 aromatic rings. The third kappa shape index (κ3) is 8.60. The fourth-order valence-corrected chi connectivity index (χ4v) is 6.78. The first-order valence-electron chi connectivity index (χ1n) is 16.6. The van der Waals surface area contributed by atoms with Gasteiger partial charge in [-0.3, -0.25) is 0 Å². The van der Waals surface area contributed by atoms with E-state index >= 15 is 13.2 Å². The third-order valence-electron chi connectivity index (χ3n) is 9.50. The molecule has 0 atom stereocenters. The van der Waals surface area contributed by atoms with Crippen molar-refractivity contribution in [2.45, 2.75) is 83.5 Å². The second kappa shape index (κ2) is 15.7. The molecule has 1 heterocycles. The van der Waals surface area contributed by atoms with Gasteiger partial charge in [-0.1, -0.05) is 69.7 Å². The van der Waals surface area contributed by atoms with Gasteiger partial charge >= 0.3 is 6.11 Å². The zero-order valence-corrected chi connectivity index (χ0v) is 26.7. The van der Waals surface area contributed by atoms with Gasteiger partial charge in [-0.15, -0.1) is 6.58 Å². The van der Waals surface area contributed by atoms with Gasteiger partial charge < -0.3 is 14.2 Å². The topological polar surface area (TPSA) is 27.7 Å². The molecule has 1 saturated heterocycles. The van der Waals surface area contributed by atoms with Crippen LogP contribution in [0.25, 0.3) is 11.1 Å². The van der Waals surface area contributed by atoms with Crippen LogP contribution in [0.1, 0.15) is 87.7 Å². The van der Waals surface area contributed by atoms with Crippen LogP contribution >= 0.6 is 0 Å². The minimum atomic E-state index is -4.48. The maximum atomic E-state index is 15.3. The fraction of sp³-hybridized carbons (Fsp3) is 0.474. The van der Waals surface area contributed by atoms with Crippen molar-refractivity contribution in [2.75, 3.05) is 13.2 Å². The quantitative estimate of drug-likeness (QED) is 0.104.